The van der Waals surface area contributed by atoms with E-state index in [1.807, 2.05) is 0 Å². The lowest BCUT2D eigenvalue weighted by molar-refractivity contribution is -0.138. The van der Waals surface area contributed by atoms with Crippen LogP contribution in [0.5, 0.6) is 0 Å². The molecule has 0 aliphatic rings. The van der Waals surface area contributed by atoms with Crippen molar-refractivity contribution in [2.75, 3.05) is 6.54 Å². The van der Waals surface area contributed by atoms with Crippen LogP contribution in [0.3, 0.4) is 0 Å². The summed E-state index contributed by atoms with van der Waals surface area (Å²) in [7, 11) is 0. The van der Waals surface area contributed by atoms with Gasteiger partial charge in [-0.2, -0.15) is 0 Å². The van der Waals surface area contributed by atoms with Gasteiger partial charge < -0.3 is 20.8 Å². The highest BCUT2D eigenvalue weighted by Crippen LogP contribution is 2.02. The number of aliphatic hydroxyl groups is 1. The van der Waals surface area contributed by atoms with Crippen molar-refractivity contribution >= 4 is 29.1 Å². The number of rotatable bonds is 7. The highest BCUT2D eigenvalue weighted by molar-refractivity contribution is 7.80. The second kappa shape index (κ2) is 7.75. The van der Waals surface area contributed by atoms with Gasteiger partial charge in [0.05, 0.1) is 6.54 Å². The first-order valence-corrected chi connectivity index (χ1v) is 5.41. The number of thiocarbonyl (C=S) groups is 1. The summed E-state index contributed by atoms with van der Waals surface area (Å²) in [6, 6.07) is -1.06. The van der Waals surface area contributed by atoms with Crippen molar-refractivity contribution in [1.29, 1.82) is 0 Å². The van der Waals surface area contributed by atoms with Gasteiger partial charge in [0, 0.05) is 12.6 Å². The summed E-state index contributed by atoms with van der Waals surface area (Å²) in [5, 5.41) is 17.2. The molecule has 0 aromatic carbocycles. The van der Waals surface area contributed by atoms with Crippen LogP contribution in [-0.4, -0.2) is 44.6 Å². The minimum Gasteiger partial charge on any atom is -0.501 e. The zero-order chi connectivity index (χ0) is 13.4. The zero-order valence-electron chi connectivity index (χ0n) is 9.50. The first-order valence-electron chi connectivity index (χ1n) is 5.01. The number of hydrogen-bond donors (Lipinski definition) is 3. The fraction of sp³-hybridized carbons (Fsp3) is 0.500. The van der Waals surface area contributed by atoms with Gasteiger partial charge in [0.25, 0.3) is 0 Å². The Bertz CT molecular complexity index is 330. The average Bonchev–Trinajstić information content (AvgIpc) is 2.23. The van der Waals surface area contributed by atoms with Crippen LogP contribution in [0.15, 0.2) is 12.3 Å². The third-order valence-electron chi connectivity index (χ3n) is 1.94. The van der Waals surface area contributed by atoms with Gasteiger partial charge in [-0.15, -0.1) is 0 Å². The van der Waals surface area contributed by atoms with Gasteiger partial charge in [-0.1, -0.05) is 6.08 Å². The molecule has 0 heterocycles. The van der Waals surface area contributed by atoms with Crippen molar-refractivity contribution in [1.82, 2.24) is 4.90 Å². The molecule has 0 aromatic rings. The van der Waals surface area contributed by atoms with Gasteiger partial charge in [-0.25, -0.2) is 0 Å². The van der Waals surface area contributed by atoms with Crippen molar-refractivity contribution in [3.8, 4) is 0 Å². The summed E-state index contributed by atoms with van der Waals surface area (Å²) in [6.45, 7) is 1.63. The van der Waals surface area contributed by atoms with Crippen LogP contribution in [0.25, 0.3) is 0 Å². The first-order chi connectivity index (χ1) is 7.88. The molecule has 0 rings (SSSR count). The summed E-state index contributed by atoms with van der Waals surface area (Å²) in [6.07, 6.45) is 3.12. The number of carboxylic acid groups (broad SMARTS) is 1. The molecule has 0 aromatic heterocycles. The minimum atomic E-state index is -1.15. The number of nitrogens with two attached hydrogens (primary N) is 1. The van der Waals surface area contributed by atoms with Crippen molar-refractivity contribution in [3.05, 3.63) is 12.3 Å². The Morgan fingerprint density at radius 2 is 2.06 bits per heavy atom. The predicted octanol–water partition coefficient (Wildman–Crippen LogP) is 0.426. The second-order valence-corrected chi connectivity index (χ2v) is 3.85. The molecule has 7 heteroatoms. The Balaban J connectivity index is 4.33. The van der Waals surface area contributed by atoms with Gasteiger partial charge in [0.2, 0.25) is 5.91 Å². The maximum Gasteiger partial charge on any atom is 0.320 e. The summed E-state index contributed by atoms with van der Waals surface area (Å²) in [5.41, 5.74) is 5.28. The fourth-order valence-electron chi connectivity index (χ4n) is 1.10. The van der Waals surface area contributed by atoms with E-state index >= 15 is 0 Å². The molecule has 0 aliphatic carbocycles. The fourth-order valence-corrected chi connectivity index (χ4v) is 1.23. The molecule has 6 nitrogen and oxygen atoms in total. The Morgan fingerprint density at radius 1 is 1.47 bits per heavy atom. The third kappa shape index (κ3) is 6.64. The lowest BCUT2D eigenvalue weighted by Gasteiger charge is -2.17. The van der Waals surface area contributed by atoms with E-state index in [9.17, 15) is 9.59 Å². The summed E-state index contributed by atoms with van der Waals surface area (Å²) in [5.74, 6) is -1.48. The molecule has 1 atom stereocenters. The standard InChI is InChI=1S/C10H16N2O4S/c1-2-5-12(6-9(14)17)8(13)4-3-7(11)10(15)16/h2,5,7H,3-4,6,11H2,1H3,(H,14,17)(H,15,16)/t7-/m0/s1. The molecule has 1 amide bonds. The molecule has 0 bridgehead atoms. The van der Waals surface area contributed by atoms with E-state index in [1.165, 1.54) is 11.1 Å². The molecule has 0 saturated heterocycles. The number of carboxylic acids is 1. The largest absolute Gasteiger partial charge is 0.501 e. The number of hydrogen-bond acceptors (Lipinski definition) is 4. The molecule has 0 unspecified atom stereocenters. The number of carbonyl (C=O) groups is 2. The predicted molar refractivity (Wildman–Crippen MR) is 66.6 cm³/mol. The number of nitrogens with zero attached hydrogens (tertiary/aromatic N) is 1. The lowest BCUT2D eigenvalue weighted by atomic mass is 10.1. The van der Waals surface area contributed by atoms with Gasteiger partial charge in [-0.3, -0.25) is 9.59 Å². The first kappa shape index (κ1) is 15.5. The van der Waals surface area contributed by atoms with E-state index in [4.69, 9.17) is 15.9 Å². The highest BCUT2D eigenvalue weighted by atomic mass is 32.1. The maximum atomic E-state index is 11.7. The van der Waals surface area contributed by atoms with Crippen LogP contribution in [0.1, 0.15) is 19.8 Å². The molecule has 0 aliphatic heterocycles. The minimum absolute atomic E-state index is 0.0135. The SMILES string of the molecule is CC=CN(CC(O)=S)C(=O)CC[C@H](N)C(=O)O. The van der Waals surface area contributed by atoms with E-state index in [1.54, 1.807) is 13.0 Å². The Hall–Kier alpha value is -1.47. The quantitative estimate of drug-likeness (QED) is 0.573. The van der Waals surface area contributed by atoms with Crippen LogP contribution < -0.4 is 5.73 Å². The Labute approximate surface area is 105 Å². The summed E-state index contributed by atoms with van der Waals surface area (Å²) < 4.78 is 0. The normalized spacial score (nSPS) is 12.4. The molecular formula is C10H16N2O4S. The topological polar surface area (TPSA) is 104 Å². The van der Waals surface area contributed by atoms with Gasteiger partial charge in [0.15, 0.2) is 5.05 Å². The number of aliphatic hydroxyl groups excluding tert-OH is 1. The van der Waals surface area contributed by atoms with E-state index in [0.29, 0.717) is 0 Å². The van der Waals surface area contributed by atoms with Crippen molar-refractivity contribution < 1.29 is 19.8 Å². The van der Waals surface area contributed by atoms with E-state index in [2.05, 4.69) is 12.2 Å². The molecule has 0 spiro atoms. The van der Waals surface area contributed by atoms with Crippen LogP contribution in [0.4, 0.5) is 0 Å². The molecule has 96 valence electrons. The van der Waals surface area contributed by atoms with Crippen molar-refractivity contribution in [2.45, 2.75) is 25.8 Å². The molecule has 0 saturated carbocycles. The molecule has 4 N–H and O–H groups in total. The highest BCUT2D eigenvalue weighted by Gasteiger charge is 2.17. The number of carbonyl (C=O) groups excluding carboxylic acids is 1. The molecule has 0 fully saturated rings. The average molecular weight is 260 g/mol. The van der Waals surface area contributed by atoms with E-state index in [0.717, 1.165) is 0 Å². The van der Waals surface area contributed by atoms with Crippen LogP contribution in [-0.2, 0) is 9.59 Å². The Kier molecular flexibility index (Phi) is 7.08. The number of amides is 1. The second-order valence-electron chi connectivity index (χ2n) is 3.38. The summed E-state index contributed by atoms with van der Waals surface area (Å²) in [4.78, 5) is 23.3. The van der Waals surface area contributed by atoms with Crippen molar-refractivity contribution in [3.63, 3.8) is 0 Å². The third-order valence-corrected chi connectivity index (χ3v) is 2.07. The number of allylic oxidation sites excluding steroid dienone is 1. The molecule has 17 heavy (non-hydrogen) atoms. The maximum absolute atomic E-state index is 11.7. The molecule has 0 radical (unpaired) electrons. The van der Waals surface area contributed by atoms with Crippen LogP contribution in [0, 0.1) is 0 Å². The van der Waals surface area contributed by atoms with Crippen LogP contribution in [0.2, 0.25) is 0 Å². The van der Waals surface area contributed by atoms with Crippen molar-refractivity contribution in [2.24, 2.45) is 5.73 Å². The monoisotopic (exact) mass is 260 g/mol. The Morgan fingerprint density at radius 3 is 2.47 bits per heavy atom. The van der Waals surface area contributed by atoms with E-state index in [-0.39, 0.29) is 30.3 Å². The lowest BCUT2D eigenvalue weighted by Crippen LogP contribution is -2.34. The van der Waals surface area contributed by atoms with Gasteiger partial charge in [-0.05, 0) is 25.6 Å². The molecular weight excluding hydrogens is 244 g/mol. The van der Waals surface area contributed by atoms with Gasteiger partial charge >= 0.3 is 5.97 Å². The smallest absolute Gasteiger partial charge is 0.320 e. The van der Waals surface area contributed by atoms with E-state index < -0.39 is 12.0 Å². The zero-order valence-corrected chi connectivity index (χ0v) is 10.3. The van der Waals surface area contributed by atoms with Gasteiger partial charge in [0.1, 0.15) is 6.04 Å². The number of aliphatic carboxylic acids is 1. The van der Waals surface area contributed by atoms with Crippen LogP contribution >= 0.6 is 12.2 Å². The summed E-state index contributed by atoms with van der Waals surface area (Å²) >= 11 is 4.49.